The van der Waals surface area contributed by atoms with Crippen molar-refractivity contribution in [1.82, 2.24) is 4.90 Å². The SMILES string of the molecule is CC(C)CN(CC(=O)O)C(=O)CCCS(C)(=O)=O. The van der Waals surface area contributed by atoms with Crippen LogP contribution in [0.25, 0.3) is 0 Å². The van der Waals surface area contributed by atoms with Gasteiger partial charge >= 0.3 is 5.97 Å². The van der Waals surface area contributed by atoms with E-state index >= 15 is 0 Å². The molecule has 0 aliphatic carbocycles. The maximum absolute atomic E-state index is 11.8. The summed E-state index contributed by atoms with van der Waals surface area (Å²) in [5.41, 5.74) is 0. The zero-order chi connectivity index (χ0) is 14.3. The fraction of sp³-hybridized carbons (Fsp3) is 0.818. The van der Waals surface area contributed by atoms with E-state index in [4.69, 9.17) is 5.11 Å². The Hall–Kier alpha value is -1.11. The lowest BCUT2D eigenvalue weighted by Gasteiger charge is -2.22. The molecule has 18 heavy (non-hydrogen) atoms. The molecule has 0 aromatic carbocycles. The van der Waals surface area contributed by atoms with E-state index in [1.165, 1.54) is 4.90 Å². The Morgan fingerprint density at radius 1 is 1.28 bits per heavy atom. The molecule has 0 saturated heterocycles. The molecule has 1 amide bonds. The van der Waals surface area contributed by atoms with Gasteiger partial charge in [-0.15, -0.1) is 0 Å². The first-order chi connectivity index (χ1) is 8.11. The van der Waals surface area contributed by atoms with Gasteiger partial charge in [0.05, 0.1) is 5.75 Å². The Kier molecular flexibility index (Phi) is 6.90. The smallest absolute Gasteiger partial charge is 0.323 e. The quantitative estimate of drug-likeness (QED) is 0.693. The van der Waals surface area contributed by atoms with Crippen LogP contribution in [0.4, 0.5) is 0 Å². The number of carboxylic acids is 1. The summed E-state index contributed by atoms with van der Waals surface area (Å²) >= 11 is 0. The number of nitrogens with zero attached hydrogens (tertiary/aromatic N) is 1. The molecule has 0 saturated carbocycles. The minimum absolute atomic E-state index is 0.0542. The van der Waals surface area contributed by atoms with Crippen molar-refractivity contribution in [3.05, 3.63) is 0 Å². The fourth-order valence-corrected chi connectivity index (χ4v) is 2.17. The molecule has 0 unspecified atom stereocenters. The van der Waals surface area contributed by atoms with E-state index in [2.05, 4.69) is 0 Å². The van der Waals surface area contributed by atoms with Crippen LogP contribution >= 0.6 is 0 Å². The lowest BCUT2D eigenvalue weighted by Crippen LogP contribution is -2.38. The van der Waals surface area contributed by atoms with E-state index in [1.807, 2.05) is 13.8 Å². The van der Waals surface area contributed by atoms with Gasteiger partial charge in [-0.05, 0) is 12.3 Å². The van der Waals surface area contributed by atoms with Gasteiger partial charge in [-0.3, -0.25) is 9.59 Å². The largest absolute Gasteiger partial charge is 0.480 e. The summed E-state index contributed by atoms with van der Waals surface area (Å²) in [5.74, 6) is -1.26. The van der Waals surface area contributed by atoms with Gasteiger partial charge in [-0.2, -0.15) is 0 Å². The van der Waals surface area contributed by atoms with E-state index in [-0.39, 0.29) is 37.0 Å². The third-order valence-electron chi connectivity index (χ3n) is 2.17. The first-order valence-corrected chi connectivity index (χ1v) is 7.85. The van der Waals surface area contributed by atoms with Gasteiger partial charge in [0.2, 0.25) is 5.91 Å². The number of hydrogen-bond donors (Lipinski definition) is 1. The first kappa shape index (κ1) is 16.9. The average Bonchev–Trinajstić information content (AvgIpc) is 2.12. The second kappa shape index (κ2) is 7.35. The fourth-order valence-electron chi connectivity index (χ4n) is 1.50. The van der Waals surface area contributed by atoms with Gasteiger partial charge in [0.1, 0.15) is 16.4 Å². The Morgan fingerprint density at radius 2 is 1.83 bits per heavy atom. The molecule has 0 spiro atoms. The second-order valence-corrected chi connectivity index (χ2v) is 7.06. The Balaban J connectivity index is 4.33. The zero-order valence-electron chi connectivity index (χ0n) is 11.0. The van der Waals surface area contributed by atoms with Gasteiger partial charge in [0, 0.05) is 19.2 Å². The molecule has 0 heterocycles. The monoisotopic (exact) mass is 279 g/mol. The summed E-state index contributed by atoms with van der Waals surface area (Å²) in [6, 6.07) is 0. The highest BCUT2D eigenvalue weighted by Gasteiger charge is 2.18. The first-order valence-electron chi connectivity index (χ1n) is 5.79. The maximum Gasteiger partial charge on any atom is 0.323 e. The molecular weight excluding hydrogens is 258 g/mol. The highest BCUT2D eigenvalue weighted by atomic mass is 32.2. The normalized spacial score (nSPS) is 11.6. The standard InChI is InChI=1S/C11H21NO5S/c1-9(2)7-12(8-11(14)15)10(13)5-4-6-18(3,16)17/h9H,4-8H2,1-3H3,(H,14,15). The summed E-state index contributed by atoms with van der Waals surface area (Å²) in [5, 5.41) is 8.71. The van der Waals surface area contributed by atoms with Gasteiger partial charge < -0.3 is 10.0 Å². The summed E-state index contributed by atoms with van der Waals surface area (Å²) in [7, 11) is -3.08. The van der Waals surface area contributed by atoms with Crippen molar-refractivity contribution in [2.24, 2.45) is 5.92 Å². The van der Waals surface area contributed by atoms with Crippen LogP contribution in [0, 0.1) is 5.92 Å². The summed E-state index contributed by atoms with van der Waals surface area (Å²) in [6.45, 7) is 3.80. The van der Waals surface area contributed by atoms with Crippen LogP contribution in [0.2, 0.25) is 0 Å². The van der Waals surface area contributed by atoms with Crippen molar-refractivity contribution in [3.8, 4) is 0 Å². The molecule has 0 rings (SSSR count). The molecule has 0 fully saturated rings. The van der Waals surface area contributed by atoms with Crippen molar-refractivity contribution in [3.63, 3.8) is 0 Å². The molecule has 6 nitrogen and oxygen atoms in total. The van der Waals surface area contributed by atoms with Crippen LogP contribution < -0.4 is 0 Å². The molecule has 0 bridgehead atoms. The molecule has 0 aliphatic heterocycles. The minimum atomic E-state index is -3.08. The summed E-state index contributed by atoms with van der Waals surface area (Å²) in [4.78, 5) is 23.7. The van der Waals surface area contributed by atoms with Gasteiger partial charge in [-0.25, -0.2) is 8.42 Å². The van der Waals surface area contributed by atoms with E-state index in [1.54, 1.807) is 0 Å². The number of hydrogen-bond acceptors (Lipinski definition) is 4. The van der Waals surface area contributed by atoms with Crippen LogP contribution in [0.1, 0.15) is 26.7 Å². The van der Waals surface area contributed by atoms with E-state index in [0.29, 0.717) is 6.54 Å². The molecule has 0 radical (unpaired) electrons. The lowest BCUT2D eigenvalue weighted by atomic mass is 10.2. The molecule has 0 aromatic rings. The maximum atomic E-state index is 11.8. The number of sulfone groups is 1. The Morgan fingerprint density at radius 3 is 2.22 bits per heavy atom. The molecule has 1 N–H and O–H groups in total. The number of carboxylic acid groups (broad SMARTS) is 1. The van der Waals surface area contributed by atoms with Crippen LogP contribution in [0.15, 0.2) is 0 Å². The third-order valence-corrected chi connectivity index (χ3v) is 3.20. The number of carbonyl (C=O) groups excluding carboxylic acids is 1. The molecule has 0 atom stereocenters. The zero-order valence-corrected chi connectivity index (χ0v) is 11.9. The van der Waals surface area contributed by atoms with Crippen LogP contribution in [-0.2, 0) is 19.4 Å². The molecular formula is C11H21NO5S. The highest BCUT2D eigenvalue weighted by Crippen LogP contribution is 2.04. The summed E-state index contributed by atoms with van der Waals surface area (Å²) < 4.78 is 21.8. The predicted molar refractivity (Wildman–Crippen MR) is 68.0 cm³/mol. The molecule has 106 valence electrons. The minimum Gasteiger partial charge on any atom is -0.480 e. The van der Waals surface area contributed by atoms with E-state index in [0.717, 1.165) is 6.26 Å². The van der Waals surface area contributed by atoms with Crippen molar-refractivity contribution < 1.29 is 23.1 Å². The van der Waals surface area contributed by atoms with Crippen molar-refractivity contribution >= 4 is 21.7 Å². The molecule has 0 aliphatic rings. The average molecular weight is 279 g/mol. The Labute approximate surface area is 108 Å². The van der Waals surface area contributed by atoms with Gasteiger partial charge in [0.25, 0.3) is 0 Å². The lowest BCUT2D eigenvalue weighted by molar-refractivity contribution is -0.144. The van der Waals surface area contributed by atoms with Gasteiger partial charge in [0.15, 0.2) is 0 Å². The topological polar surface area (TPSA) is 91.8 Å². The van der Waals surface area contributed by atoms with Crippen LogP contribution in [0.5, 0.6) is 0 Å². The van der Waals surface area contributed by atoms with Crippen molar-refractivity contribution in [1.29, 1.82) is 0 Å². The van der Waals surface area contributed by atoms with Crippen LogP contribution in [0.3, 0.4) is 0 Å². The third kappa shape index (κ3) is 8.98. The van der Waals surface area contributed by atoms with Crippen molar-refractivity contribution in [2.45, 2.75) is 26.7 Å². The highest BCUT2D eigenvalue weighted by molar-refractivity contribution is 7.90. The van der Waals surface area contributed by atoms with E-state index in [9.17, 15) is 18.0 Å². The number of amides is 1. The molecule has 7 heteroatoms. The van der Waals surface area contributed by atoms with Crippen molar-refractivity contribution in [2.75, 3.05) is 25.1 Å². The second-order valence-electron chi connectivity index (χ2n) is 4.80. The Bertz CT molecular complexity index is 388. The van der Waals surface area contributed by atoms with Gasteiger partial charge in [-0.1, -0.05) is 13.8 Å². The number of aliphatic carboxylic acids is 1. The van der Waals surface area contributed by atoms with E-state index < -0.39 is 15.8 Å². The predicted octanol–water partition coefficient (Wildman–Crippen LogP) is 0.380. The molecule has 0 aromatic heterocycles. The number of carbonyl (C=O) groups is 2. The van der Waals surface area contributed by atoms with Crippen LogP contribution in [-0.4, -0.2) is 55.4 Å². The summed E-state index contributed by atoms with van der Waals surface area (Å²) in [6.07, 6.45) is 1.40. The number of rotatable bonds is 8.